The van der Waals surface area contributed by atoms with Gasteiger partial charge in [0.2, 0.25) is 0 Å². The van der Waals surface area contributed by atoms with Gasteiger partial charge in [-0.15, -0.1) is 0 Å². The molecule has 94 valence electrons. The van der Waals surface area contributed by atoms with Crippen LogP contribution in [0.3, 0.4) is 0 Å². The molecule has 0 unspecified atom stereocenters. The number of hydrogen-bond donors (Lipinski definition) is 2. The first-order valence-corrected chi connectivity index (χ1v) is 5.19. The van der Waals surface area contributed by atoms with E-state index in [1.165, 1.54) is 31.5 Å². The lowest BCUT2D eigenvalue weighted by atomic mass is 10.1. The van der Waals surface area contributed by atoms with Crippen LogP contribution in [-0.2, 0) is 6.42 Å². The molecule has 2 rings (SSSR count). The molecule has 0 saturated heterocycles. The van der Waals surface area contributed by atoms with Gasteiger partial charge in [0.1, 0.15) is 23.1 Å². The quantitative estimate of drug-likeness (QED) is 0.868. The summed E-state index contributed by atoms with van der Waals surface area (Å²) < 4.78 is 18.2. The van der Waals surface area contributed by atoms with Crippen LogP contribution in [0.15, 0.2) is 24.4 Å². The number of nitrogens with zero attached hydrogens (tertiary/aromatic N) is 1. The molecule has 2 N–H and O–H groups in total. The molecule has 6 heteroatoms. The summed E-state index contributed by atoms with van der Waals surface area (Å²) in [4.78, 5) is 17.3. The number of nitrogens with one attached hydrogen (secondary N) is 1. The number of H-pyrrole nitrogens is 1. The highest BCUT2D eigenvalue weighted by molar-refractivity contribution is 5.85. The fraction of sp³-hybridized carbons (Fsp3) is 0.167. The predicted octanol–water partition coefficient (Wildman–Crippen LogP) is 1.85. The van der Waals surface area contributed by atoms with E-state index in [0.717, 1.165) is 0 Å². The molecule has 0 fully saturated rings. The van der Waals surface area contributed by atoms with E-state index < -0.39 is 5.97 Å². The fourth-order valence-electron chi connectivity index (χ4n) is 1.63. The monoisotopic (exact) mass is 250 g/mol. The topological polar surface area (TPSA) is 75.2 Å². The molecule has 0 aliphatic carbocycles. The van der Waals surface area contributed by atoms with Gasteiger partial charge < -0.3 is 14.8 Å². The second-order valence-corrected chi connectivity index (χ2v) is 3.68. The second-order valence-electron chi connectivity index (χ2n) is 3.68. The first-order valence-electron chi connectivity index (χ1n) is 5.19. The molecule has 18 heavy (non-hydrogen) atoms. The first kappa shape index (κ1) is 12.1. The third-order valence-corrected chi connectivity index (χ3v) is 2.46. The van der Waals surface area contributed by atoms with Gasteiger partial charge in [-0.1, -0.05) is 0 Å². The Morgan fingerprint density at radius 1 is 1.56 bits per heavy atom. The lowest BCUT2D eigenvalue weighted by Crippen LogP contribution is -1.99. The first-order chi connectivity index (χ1) is 8.60. The molecule has 5 nitrogen and oxygen atoms in total. The number of imidazole rings is 1. The van der Waals surface area contributed by atoms with Gasteiger partial charge >= 0.3 is 5.97 Å². The Hall–Kier alpha value is -2.37. The van der Waals surface area contributed by atoms with Crippen molar-refractivity contribution >= 4 is 5.97 Å². The summed E-state index contributed by atoms with van der Waals surface area (Å²) in [6, 6.07) is 4.15. The lowest BCUT2D eigenvalue weighted by molar-refractivity contribution is 0.0691. The van der Waals surface area contributed by atoms with Crippen molar-refractivity contribution in [3.05, 3.63) is 47.3 Å². The maximum absolute atomic E-state index is 13.1. The third-order valence-electron chi connectivity index (χ3n) is 2.46. The van der Waals surface area contributed by atoms with Crippen molar-refractivity contribution in [1.82, 2.24) is 9.97 Å². The van der Waals surface area contributed by atoms with Crippen LogP contribution in [0, 0.1) is 5.82 Å². The molecule has 0 spiro atoms. The molecule has 0 atom stereocenters. The lowest BCUT2D eigenvalue weighted by Gasteiger charge is -2.06. The van der Waals surface area contributed by atoms with E-state index in [0.29, 0.717) is 17.1 Å². The van der Waals surface area contributed by atoms with E-state index in [4.69, 9.17) is 9.84 Å². The van der Waals surface area contributed by atoms with Crippen molar-refractivity contribution in [3.63, 3.8) is 0 Å². The van der Waals surface area contributed by atoms with E-state index in [-0.39, 0.29) is 17.9 Å². The van der Waals surface area contributed by atoms with Gasteiger partial charge in [-0.05, 0) is 18.2 Å². The van der Waals surface area contributed by atoms with Crippen LogP contribution in [0.5, 0.6) is 5.75 Å². The van der Waals surface area contributed by atoms with E-state index in [9.17, 15) is 9.18 Å². The largest absolute Gasteiger partial charge is 0.496 e. The number of carbonyl (C=O) groups is 1. The number of rotatable bonds is 4. The minimum atomic E-state index is -1.08. The van der Waals surface area contributed by atoms with Crippen LogP contribution >= 0.6 is 0 Å². The van der Waals surface area contributed by atoms with Gasteiger partial charge in [0.25, 0.3) is 0 Å². The summed E-state index contributed by atoms with van der Waals surface area (Å²) in [5.41, 5.74) is 0.601. The van der Waals surface area contributed by atoms with Crippen LogP contribution in [0.4, 0.5) is 4.39 Å². The van der Waals surface area contributed by atoms with E-state index in [2.05, 4.69) is 9.97 Å². The van der Waals surface area contributed by atoms with Crippen LogP contribution in [0.25, 0.3) is 0 Å². The van der Waals surface area contributed by atoms with Gasteiger partial charge in [0.05, 0.1) is 13.3 Å². The number of carboxylic acids is 1. The molecule has 0 saturated carbocycles. The van der Waals surface area contributed by atoms with Crippen molar-refractivity contribution in [1.29, 1.82) is 0 Å². The maximum Gasteiger partial charge on any atom is 0.353 e. The number of aromatic nitrogens is 2. The minimum Gasteiger partial charge on any atom is -0.496 e. The fourth-order valence-corrected chi connectivity index (χ4v) is 1.63. The van der Waals surface area contributed by atoms with Crippen LogP contribution in [0.1, 0.15) is 21.9 Å². The average Bonchev–Trinajstić information content (AvgIpc) is 2.78. The maximum atomic E-state index is 13.1. The Balaban J connectivity index is 2.27. The Morgan fingerprint density at radius 3 is 2.94 bits per heavy atom. The molecule has 1 heterocycles. The van der Waals surface area contributed by atoms with Crippen molar-refractivity contribution in [3.8, 4) is 5.75 Å². The number of hydrogen-bond acceptors (Lipinski definition) is 3. The van der Waals surface area contributed by atoms with Crippen LogP contribution < -0.4 is 4.74 Å². The summed E-state index contributed by atoms with van der Waals surface area (Å²) >= 11 is 0. The van der Waals surface area contributed by atoms with E-state index in [1.54, 1.807) is 0 Å². The van der Waals surface area contributed by atoms with Crippen molar-refractivity contribution in [2.75, 3.05) is 7.11 Å². The Bertz CT molecular complexity index is 580. The summed E-state index contributed by atoms with van der Waals surface area (Å²) in [6.07, 6.45) is 1.50. The number of aromatic amines is 1. The minimum absolute atomic E-state index is 0.000342. The molecule has 1 aromatic carbocycles. The second kappa shape index (κ2) is 4.87. The molecule has 0 aliphatic rings. The highest BCUT2D eigenvalue weighted by Gasteiger charge is 2.11. The summed E-state index contributed by atoms with van der Waals surface area (Å²) in [6.45, 7) is 0. The predicted molar refractivity (Wildman–Crippen MR) is 61.3 cm³/mol. The highest BCUT2D eigenvalue weighted by Crippen LogP contribution is 2.21. The van der Waals surface area contributed by atoms with Crippen molar-refractivity contribution in [2.45, 2.75) is 6.42 Å². The van der Waals surface area contributed by atoms with Crippen LogP contribution in [-0.4, -0.2) is 28.2 Å². The zero-order chi connectivity index (χ0) is 13.1. The Morgan fingerprint density at radius 2 is 2.33 bits per heavy atom. The molecular formula is C12H11FN2O3. The standard InChI is InChI=1S/C12H11FN2O3/c1-18-10-3-2-8(13)4-7(10)5-11-14-6-9(15-11)12(16)17/h2-4,6H,5H2,1H3,(H,14,15)(H,16,17). The van der Waals surface area contributed by atoms with Gasteiger partial charge in [0.15, 0.2) is 0 Å². The highest BCUT2D eigenvalue weighted by atomic mass is 19.1. The third kappa shape index (κ3) is 2.48. The number of aromatic carboxylic acids is 1. The summed E-state index contributed by atoms with van der Waals surface area (Å²) in [7, 11) is 1.49. The molecule has 0 aliphatic heterocycles. The Labute approximate surface area is 102 Å². The van der Waals surface area contributed by atoms with Gasteiger partial charge in [-0.3, -0.25) is 0 Å². The van der Waals surface area contributed by atoms with Crippen molar-refractivity contribution in [2.24, 2.45) is 0 Å². The number of carboxylic acid groups (broad SMARTS) is 1. The van der Waals surface area contributed by atoms with Crippen molar-refractivity contribution < 1.29 is 19.0 Å². The number of benzene rings is 1. The summed E-state index contributed by atoms with van der Waals surface area (Å²) in [5.74, 6) is -0.489. The molecule has 0 bridgehead atoms. The number of methoxy groups -OCH3 is 1. The zero-order valence-electron chi connectivity index (χ0n) is 9.61. The molecule has 1 aromatic heterocycles. The molecule has 2 aromatic rings. The summed E-state index contributed by atoms with van der Waals surface area (Å²) in [5, 5.41) is 8.75. The normalized spacial score (nSPS) is 10.3. The average molecular weight is 250 g/mol. The van der Waals surface area contributed by atoms with Gasteiger partial charge in [-0.25, -0.2) is 14.2 Å². The van der Waals surface area contributed by atoms with Gasteiger partial charge in [0, 0.05) is 12.0 Å². The number of halogens is 1. The van der Waals surface area contributed by atoms with Gasteiger partial charge in [-0.2, -0.15) is 0 Å². The van der Waals surface area contributed by atoms with E-state index in [1.807, 2.05) is 0 Å². The SMILES string of the molecule is COc1ccc(F)cc1Cc1ncc(C(=O)O)[nH]1. The number of ether oxygens (including phenoxy) is 1. The molecule has 0 radical (unpaired) electrons. The molecular weight excluding hydrogens is 239 g/mol. The smallest absolute Gasteiger partial charge is 0.353 e. The zero-order valence-corrected chi connectivity index (χ0v) is 9.61. The Kier molecular flexibility index (Phi) is 3.27. The van der Waals surface area contributed by atoms with E-state index >= 15 is 0 Å². The van der Waals surface area contributed by atoms with Crippen LogP contribution in [0.2, 0.25) is 0 Å². The molecule has 0 amide bonds.